The molecule has 0 rings (SSSR count). The maximum atomic E-state index is 8.74. The summed E-state index contributed by atoms with van der Waals surface area (Å²) in [5.74, 6) is 0. The minimum absolute atomic E-state index is 0.0761. The fourth-order valence-electron chi connectivity index (χ4n) is 0.437. The number of hydrogen-bond donors (Lipinski definition) is 4. The van der Waals surface area contributed by atoms with Gasteiger partial charge in [-0.05, 0) is 0 Å². The van der Waals surface area contributed by atoms with Crippen molar-refractivity contribution in [3.8, 4) is 0 Å². The lowest BCUT2D eigenvalue weighted by Gasteiger charge is -2.22. The molecule has 0 aromatic heterocycles. The Morgan fingerprint density at radius 1 is 1.60 bits per heavy atom. The van der Waals surface area contributed by atoms with E-state index >= 15 is 0 Å². The Bertz CT molecular complexity index is 93.7. The second kappa shape index (κ2) is 3.88. The first-order chi connectivity index (χ1) is 4.48. The zero-order valence-corrected chi connectivity index (χ0v) is 6.46. The minimum atomic E-state index is -0.995. The predicted octanol–water partition coefficient (Wildman–Crippen LogP) is -1.17. The van der Waals surface area contributed by atoms with Gasteiger partial charge in [0.25, 0.3) is 0 Å². The van der Waals surface area contributed by atoms with Crippen LogP contribution in [0.5, 0.6) is 0 Å². The van der Waals surface area contributed by atoms with Crippen molar-refractivity contribution in [2.75, 3.05) is 13.2 Å². The third kappa shape index (κ3) is 4.69. The van der Waals surface area contributed by atoms with Crippen molar-refractivity contribution in [2.24, 2.45) is 11.1 Å². The van der Waals surface area contributed by atoms with Crippen molar-refractivity contribution in [1.29, 1.82) is 0 Å². The minimum Gasteiger partial charge on any atom is -0.396 e. The zero-order chi connectivity index (χ0) is 8.20. The van der Waals surface area contributed by atoms with Crippen LogP contribution >= 0.6 is 0 Å². The Morgan fingerprint density at radius 2 is 2.10 bits per heavy atom. The highest BCUT2D eigenvalue weighted by Crippen LogP contribution is 2.10. The van der Waals surface area contributed by atoms with Gasteiger partial charge in [0, 0.05) is 18.6 Å². The topological polar surface area (TPSA) is 78.5 Å². The van der Waals surface area contributed by atoms with Gasteiger partial charge >= 0.3 is 0 Å². The van der Waals surface area contributed by atoms with Gasteiger partial charge < -0.3 is 10.2 Å². The number of rotatable bonds is 4. The summed E-state index contributed by atoms with van der Waals surface area (Å²) in [6.45, 7) is 4.33. The van der Waals surface area contributed by atoms with Crippen LogP contribution in [0.25, 0.3) is 0 Å². The first kappa shape index (κ1) is 9.84. The summed E-state index contributed by atoms with van der Waals surface area (Å²) in [4.78, 5) is 0. The quantitative estimate of drug-likeness (QED) is 0.379. The molecule has 0 heterocycles. The van der Waals surface area contributed by atoms with Crippen LogP contribution in [0.2, 0.25) is 0 Å². The molecule has 10 heavy (non-hydrogen) atoms. The molecule has 0 bridgehead atoms. The number of aliphatic hydroxyl groups excluding tert-OH is 2. The van der Waals surface area contributed by atoms with Gasteiger partial charge in [-0.25, -0.2) is 0 Å². The smallest absolute Gasteiger partial charge is 0.157 e. The molecule has 0 aromatic carbocycles. The molecule has 0 aliphatic rings. The van der Waals surface area contributed by atoms with Crippen molar-refractivity contribution >= 4 is 0 Å². The van der Waals surface area contributed by atoms with Gasteiger partial charge in [0.1, 0.15) is 0 Å². The fourth-order valence-corrected chi connectivity index (χ4v) is 0.437. The lowest BCUT2D eigenvalue weighted by atomic mass is 9.95. The first-order valence-electron chi connectivity index (χ1n) is 3.26. The van der Waals surface area contributed by atoms with Gasteiger partial charge in [0.2, 0.25) is 0 Å². The fraction of sp³-hybridized carbons (Fsp3) is 1.00. The standard InChI is InChI=1S/C6H16N2O2/c1-6(2,4-9)3-8-5(7)10/h5,8-10H,3-4,7H2,1-2H3. The summed E-state index contributed by atoms with van der Waals surface area (Å²) < 4.78 is 0. The van der Waals surface area contributed by atoms with E-state index in [9.17, 15) is 0 Å². The molecule has 62 valence electrons. The molecule has 1 unspecified atom stereocenters. The Labute approximate surface area is 61.0 Å². The average Bonchev–Trinajstić information content (AvgIpc) is 1.85. The lowest BCUT2D eigenvalue weighted by molar-refractivity contribution is 0.101. The second-order valence-electron chi connectivity index (χ2n) is 3.15. The zero-order valence-electron chi connectivity index (χ0n) is 6.46. The van der Waals surface area contributed by atoms with Gasteiger partial charge in [-0.2, -0.15) is 0 Å². The third-order valence-corrected chi connectivity index (χ3v) is 1.22. The van der Waals surface area contributed by atoms with Crippen molar-refractivity contribution in [1.82, 2.24) is 5.32 Å². The average molecular weight is 148 g/mol. The summed E-state index contributed by atoms with van der Waals surface area (Å²) in [7, 11) is 0. The molecule has 4 heteroatoms. The molecule has 0 amide bonds. The van der Waals surface area contributed by atoms with Gasteiger partial charge in [-0.1, -0.05) is 13.8 Å². The molecule has 4 nitrogen and oxygen atoms in total. The van der Waals surface area contributed by atoms with Crippen molar-refractivity contribution < 1.29 is 10.2 Å². The largest absolute Gasteiger partial charge is 0.396 e. The molecular formula is C6H16N2O2. The maximum Gasteiger partial charge on any atom is 0.157 e. The van der Waals surface area contributed by atoms with E-state index in [-0.39, 0.29) is 12.0 Å². The van der Waals surface area contributed by atoms with Crippen LogP contribution in [-0.4, -0.2) is 29.7 Å². The molecule has 5 N–H and O–H groups in total. The maximum absolute atomic E-state index is 8.74. The summed E-state index contributed by atoms with van der Waals surface area (Å²) in [6, 6.07) is 0. The number of aliphatic hydroxyl groups is 2. The van der Waals surface area contributed by atoms with E-state index in [2.05, 4.69) is 5.32 Å². The Kier molecular flexibility index (Phi) is 3.81. The number of nitrogens with one attached hydrogen (secondary N) is 1. The monoisotopic (exact) mass is 148 g/mol. The lowest BCUT2D eigenvalue weighted by Crippen LogP contribution is -2.43. The molecule has 0 aliphatic carbocycles. The molecule has 1 atom stereocenters. The van der Waals surface area contributed by atoms with Crippen LogP contribution in [0, 0.1) is 5.41 Å². The van der Waals surface area contributed by atoms with E-state index in [1.807, 2.05) is 13.8 Å². The Balaban J connectivity index is 3.46. The van der Waals surface area contributed by atoms with E-state index in [0.717, 1.165) is 0 Å². The first-order valence-corrected chi connectivity index (χ1v) is 3.26. The van der Waals surface area contributed by atoms with E-state index in [1.54, 1.807) is 0 Å². The highest BCUT2D eigenvalue weighted by Gasteiger charge is 2.16. The van der Waals surface area contributed by atoms with Crippen LogP contribution < -0.4 is 11.1 Å². The highest BCUT2D eigenvalue weighted by molar-refractivity contribution is 4.69. The van der Waals surface area contributed by atoms with Gasteiger partial charge in [0.15, 0.2) is 6.35 Å². The molecule has 0 saturated carbocycles. The number of hydrogen-bond acceptors (Lipinski definition) is 4. The third-order valence-electron chi connectivity index (χ3n) is 1.22. The van der Waals surface area contributed by atoms with E-state index < -0.39 is 6.35 Å². The van der Waals surface area contributed by atoms with E-state index in [4.69, 9.17) is 15.9 Å². The highest BCUT2D eigenvalue weighted by atomic mass is 16.3. The molecule has 0 fully saturated rings. The SMILES string of the molecule is CC(C)(CO)CNC(N)O. The summed E-state index contributed by atoms with van der Waals surface area (Å²) in [5, 5.41) is 20.0. The van der Waals surface area contributed by atoms with E-state index in [0.29, 0.717) is 6.54 Å². The summed E-state index contributed by atoms with van der Waals surface area (Å²) in [6.07, 6.45) is -0.995. The van der Waals surface area contributed by atoms with Crippen LogP contribution in [0.4, 0.5) is 0 Å². The Morgan fingerprint density at radius 3 is 2.40 bits per heavy atom. The molecule has 0 saturated heterocycles. The van der Waals surface area contributed by atoms with Crippen molar-refractivity contribution in [3.63, 3.8) is 0 Å². The summed E-state index contributed by atoms with van der Waals surface area (Å²) in [5.41, 5.74) is 4.80. The van der Waals surface area contributed by atoms with Gasteiger partial charge in [-0.3, -0.25) is 11.1 Å². The summed E-state index contributed by atoms with van der Waals surface area (Å²) >= 11 is 0. The van der Waals surface area contributed by atoms with Crippen LogP contribution in [0.15, 0.2) is 0 Å². The van der Waals surface area contributed by atoms with E-state index in [1.165, 1.54) is 0 Å². The normalized spacial score (nSPS) is 15.3. The van der Waals surface area contributed by atoms with Crippen LogP contribution in [0.1, 0.15) is 13.8 Å². The van der Waals surface area contributed by atoms with Crippen molar-refractivity contribution in [2.45, 2.75) is 20.2 Å². The molecule has 0 aliphatic heterocycles. The Hall–Kier alpha value is -0.160. The van der Waals surface area contributed by atoms with Gasteiger partial charge in [0.05, 0.1) is 0 Å². The number of nitrogens with two attached hydrogens (primary N) is 1. The molecule has 0 aromatic rings. The molecule has 0 spiro atoms. The predicted molar refractivity (Wildman–Crippen MR) is 39.1 cm³/mol. The second-order valence-corrected chi connectivity index (χ2v) is 3.15. The molecular weight excluding hydrogens is 132 g/mol. The molecule has 0 radical (unpaired) electrons. The van der Waals surface area contributed by atoms with Crippen molar-refractivity contribution in [3.05, 3.63) is 0 Å². The van der Waals surface area contributed by atoms with Gasteiger partial charge in [-0.15, -0.1) is 0 Å². The van der Waals surface area contributed by atoms with Crippen LogP contribution in [0.3, 0.4) is 0 Å². The van der Waals surface area contributed by atoms with Crippen LogP contribution in [-0.2, 0) is 0 Å².